The lowest BCUT2D eigenvalue weighted by Gasteiger charge is -2.28. The van der Waals surface area contributed by atoms with E-state index in [2.05, 4.69) is 23.7 Å². The maximum Gasteiger partial charge on any atom is 0.248 e. The molecule has 0 fully saturated rings. The SMILES string of the molecule is C[C@H]1CC(Nc2cc(C(N)=O)ccc2F)c2ccsc2S1. The molecule has 0 radical (unpaired) electrons. The van der Waals surface area contributed by atoms with Gasteiger partial charge in [-0.3, -0.25) is 4.79 Å². The van der Waals surface area contributed by atoms with Crippen molar-refractivity contribution in [3.63, 3.8) is 0 Å². The van der Waals surface area contributed by atoms with Crippen LogP contribution in [0.2, 0.25) is 0 Å². The summed E-state index contributed by atoms with van der Waals surface area (Å²) in [6.07, 6.45) is 0.911. The predicted octanol–water partition coefficient (Wildman–Crippen LogP) is 4.02. The van der Waals surface area contributed by atoms with Gasteiger partial charge in [0.05, 0.1) is 15.9 Å². The Morgan fingerprint density at radius 3 is 3.00 bits per heavy atom. The molecule has 3 rings (SSSR count). The number of thiophene rings is 1. The largest absolute Gasteiger partial charge is 0.376 e. The molecular weight excluding hydrogens is 307 g/mol. The van der Waals surface area contributed by atoms with E-state index in [4.69, 9.17) is 5.73 Å². The van der Waals surface area contributed by atoms with Crippen LogP contribution in [0.15, 0.2) is 33.9 Å². The Morgan fingerprint density at radius 2 is 2.24 bits per heavy atom. The molecule has 3 N–H and O–H groups in total. The molecule has 0 saturated heterocycles. The third kappa shape index (κ3) is 2.91. The highest BCUT2D eigenvalue weighted by Gasteiger charge is 2.26. The van der Waals surface area contributed by atoms with Crippen LogP contribution in [0.3, 0.4) is 0 Å². The predicted molar refractivity (Wildman–Crippen MR) is 85.5 cm³/mol. The second-order valence-electron chi connectivity index (χ2n) is 5.08. The number of hydrogen-bond donors (Lipinski definition) is 2. The minimum Gasteiger partial charge on any atom is -0.376 e. The van der Waals surface area contributed by atoms with Crippen LogP contribution in [0.4, 0.5) is 10.1 Å². The molecule has 2 aromatic rings. The first-order chi connectivity index (χ1) is 10.0. The van der Waals surface area contributed by atoms with E-state index in [0.29, 0.717) is 16.5 Å². The van der Waals surface area contributed by atoms with E-state index >= 15 is 0 Å². The van der Waals surface area contributed by atoms with Crippen LogP contribution in [0.5, 0.6) is 0 Å². The number of rotatable bonds is 3. The summed E-state index contributed by atoms with van der Waals surface area (Å²) in [5.41, 5.74) is 7.09. The first kappa shape index (κ1) is 14.4. The van der Waals surface area contributed by atoms with Gasteiger partial charge in [0.1, 0.15) is 5.82 Å². The van der Waals surface area contributed by atoms with Gasteiger partial charge in [-0.25, -0.2) is 4.39 Å². The summed E-state index contributed by atoms with van der Waals surface area (Å²) in [7, 11) is 0. The third-order valence-electron chi connectivity index (χ3n) is 3.49. The number of amides is 1. The first-order valence-electron chi connectivity index (χ1n) is 6.64. The average molecular weight is 322 g/mol. The third-order valence-corrected chi connectivity index (χ3v) is 5.83. The van der Waals surface area contributed by atoms with Gasteiger partial charge in [-0.05, 0) is 41.6 Å². The van der Waals surface area contributed by atoms with Crippen LogP contribution >= 0.6 is 23.1 Å². The molecular formula is C15H15FN2OS2. The van der Waals surface area contributed by atoms with Crippen LogP contribution in [-0.2, 0) is 0 Å². The molecule has 1 aromatic heterocycles. The van der Waals surface area contributed by atoms with E-state index < -0.39 is 5.91 Å². The van der Waals surface area contributed by atoms with Gasteiger partial charge in [0.2, 0.25) is 5.91 Å². The number of nitrogens with two attached hydrogens (primary N) is 1. The Kier molecular flexibility index (Phi) is 3.91. The highest BCUT2D eigenvalue weighted by atomic mass is 32.2. The van der Waals surface area contributed by atoms with E-state index in [9.17, 15) is 9.18 Å². The number of halogens is 1. The van der Waals surface area contributed by atoms with Crippen molar-refractivity contribution in [3.8, 4) is 0 Å². The lowest BCUT2D eigenvalue weighted by Crippen LogP contribution is -2.20. The number of anilines is 1. The summed E-state index contributed by atoms with van der Waals surface area (Å²) >= 11 is 3.57. The molecule has 21 heavy (non-hydrogen) atoms. The topological polar surface area (TPSA) is 55.1 Å². The zero-order valence-corrected chi connectivity index (χ0v) is 13.1. The number of carbonyl (C=O) groups is 1. The molecule has 1 aromatic carbocycles. The van der Waals surface area contributed by atoms with E-state index in [1.807, 2.05) is 11.8 Å². The summed E-state index contributed by atoms with van der Waals surface area (Å²) in [4.78, 5) is 11.2. The summed E-state index contributed by atoms with van der Waals surface area (Å²) in [5, 5.41) is 5.75. The van der Waals surface area contributed by atoms with Gasteiger partial charge >= 0.3 is 0 Å². The Morgan fingerprint density at radius 1 is 1.43 bits per heavy atom. The van der Waals surface area contributed by atoms with Crippen molar-refractivity contribution < 1.29 is 9.18 Å². The van der Waals surface area contributed by atoms with Crippen LogP contribution in [0, 0.1) is 5.82 Å². The Hall–Kier alpha value is -1.53. The van der Waals surface area contributed by atoms with E-state index in [-0.39, 0.29) is 11.9 Å². The molecule has 2 heterocycles. The second-order valence-corrected chi connectivity index (χ2v) is 7.71. The zero-order valence-electron chi connectivity index (χ0n) is 11.4. The summed E-state index contributed by atoms with van der Waals surface area (Å²) in [5.74, 6) is -0.926. The smallest absolute Gasteiger partial charge is 0.248 e. The number of benzene rings is 1. The molecule has 6 heteroatoms. The molecule has 1 aliphatic heterocycles. The average Bonchev–Trinajstić information content (AvgIpc) is 2.89. The van der Waals surface area contributed by atoms with Crippen molar-refractivity contribution in [1.82, 2.24) is 0 Å². The van der Waals surface area contributed by atoms with Crippen LogP contribution in [0.1, 0.15) is 35.3 Å². The fourth-order valence-electron chi connectivity index (χ4n) is 2.46. The van der Waals surface area contributed by atoms with Crippen molar-refractivity contribution in [2.45, 2.75) is 28.8 Å². The number of primary amides is 1. The Balaban J connectivity index is 1.91. The molecule has 0 aliphatic carbocycles. The van der Waals surface area contributed by atoms with Crippen molar-refractivity contribution in [1.29, 1.82) is 0 Å². The fraction of sp³-hybridized carbons (Fsp3) is 0.267. The molecule has 1 unspecified atom stereocenters. The number of nitrogens with one attached hydrogen (secondary N) is 1. The van der Waals surface area contributed by atoms with Gasteiger partial charge in [0.25, 0.3) is 0 Å². The van der Waals surface area contributed by atoms with Gasteiger partial charge in [-0.1, -0.05) is 6.92 Å². The number of carbonyl (C=O) groups excluding carboxylic acids is 1. The summed E-state index contributed by atoms with van der Waals surface area (Å²) < 4.78 is 15.2. The second kappa shape index (κ2) is 5.69. The number of hydrogen-bond acceptors (Lipinski definition) is 4. The Labute approximate surface area is 130 Å². The van der Waals surface area contributed by atoms with Crippen LogP contribution in [0.25, 0.3) is 0 Å². The molecule has 0 saturated carbocycles. The molecule has 2 atom stereocenters. The van der Waals surface area contributed by atoms with Crippen molar-refractivity contribution >= 4 is 34.7 Å². The van der Waals surface area contributed by atoms with Crippen LogP contribution in [-0.4, -0.2) is 11.2 Å². The molecule has 3 nitrogen and oxygen atoms in total. The molecule has 110 valence electrons. The fourth-order valence-corrected chi connectivity index (χ4v) is 5.03. The van der Waals surface area contributed by atoms with Gasteiger partial charge in [-0.2, -0.15) is 0 Å². The summed E-state index contributed by atoms with van der Waals surface area (Å²) in [6.45, 7) is 2.16. The minimum atomic E-state index is -0.554. The van der Waals surface area contributed by atoms with Gasteiger partial charge in [0, 0.05) is 10.8 Å². The molecule has 1 aliphatic rings. The zero-order chi connectivity index (χ0) is 15.0. The highest BCUT2D eigenvalue weighted by Crippen LogP contribution is 2.45. The standard InChI is InChI=1S/C15H15FN2OS2/c1-8-6-12(10-4-5-20-15(10)21-8)18-13-7-9(14(17)19)2-3-11(13)16/h2-5,7-8,12,18H,6H2,1H3,(H2,17,19)/t8-,12?/m0/s1. The summed E-state index contributed by atoms with van der Waals surface area (Å²) in [6, 6.07) is 6.29. The van der Waals surface area contributed by atoms with E-state index in [1.54, 1.807) is 11.3 Å². The Bertz CT molecular complexity index is 686. The van der Waals surface area contributed by atoms with E-state index in [0.717, 1.165) is 6.42 Å². The lowest BCUT2D eigenvalue weighted by molar-refractivity contribution is 0.100. The van der Waals surface area contributed by atoms with Crippen molar-refractivity contribution in [3.05, 3.63) is 46.6 Å². The molecule has 1 amide bonds. The lowest BCUT2D eigenvalue weighted by atomic mass is 10.0. The monoisotopic (exact) mass is 322 g/mol. The maximum absolute atomic E-state index is 14.0. The molecule has 0 bridgehead atoms. The number of thioether (sulfide) groups is 1. The highest BCUT2D eigenvalue weighted by molar-refractivity contribution is 8.01. The normalized spacial score (nSPS) is 20.9. The van der Waals surface area contributed by atoms with E-state index in [1.165, 1.54) is 28.0 Å². The van der Waals surface area contributed by atoms with Crippen molar-refractivity contribution in [2.24, 2.45) is 5.73 Å². The van der Waals surface area contributed by atoms with Gasteiger partial charge in [-0.15, -0.1) is 23.1 Å². The first-order valence-corrected chi connectivity index (χ1v) is 8.40. The maximum atomic E-state index is 14.0. The molecule has 0 spiro atoms. The van der Waals surface area contributed by atoms with Gasteiger partial charge < -0.3 is 11.1 Å². The number of fused-ring (bicyclic) bond motifs is 1. The van der Waals surface area contributed by atoms with Crippen molar-refractivity contribution in [2.75, 3.05) is 5.32 Å². The quantitative estimate of drug-likeness (QED) is 0.897. The minimum absolute atomic E-state index is 0.0557. The van der Waals surface area contributed by atoms with Crippen LogP contribution < -0.4 is 11.1 Å². The van der Waals surface area contributed by atoms with Gasteiger partial charge in [0.15, 0.2) is 0 Å².